The summed E-state index contributed by atoms with van der Waals surface area (Å²) < 4.78 is 4.74. The van der Waals surface area contributed by atoms with Crippen molar-refractivity contribution >= 4 is 17.7 Å². The average molecular weight is 235 g/mol. The summed E-state index contributed by atoms with van der Waals surface area (Å²) in [4.78, 5) is 21.9. The number of carbonyl (C=O) groups is 2. The first-order chi connectivity index (χ1) is 8.04. The first kappa shape index (κ1) is 12.8. The van der Waals surface area contributed by atoms with E-state index in [1.54, 1.807) is 6.92 Å². The van der Waals surface area contributed by atoms with Crippen LogP contribution in [-0.2, 0) is 4.74 Å². The number of hydrogen-bond acceptors (Lipinski definition) is 3. The van der Waals surface area contributed by atoms with Gasteiger partial charge < -0.3 is 9.84 Å². The summed E-state index contributed by atoms with van der Waals surface area (Å²) in [5.74, 6) is -1.01. The van der Waals surface area contributed by atoms with Crippen LogP contribution < -0.4 is 5.32 Å². The van der Waals surface area contributed by atoms with Crippen LogP contribution in [0.1, 0.15) is 15.9 Å². The molecule has 1 amide bonds. The van der Waals surface area contributed by atoms with Crippen molar-refractivity contribution in [2.75, 3.05) is 11.9 Å². The summed E-state index contributed by atoms with van der Waals surface area (Å²) in [6.07, 6.45) is 0.857. The molecule has 0 unspecified atom stereocenters. The zero-order chi connectivity index (χ0) is 12.8. The van der Waals surface area contributed by atoms with Gasteiger partial charge in [0.15, 0.2) is 0 Å². The number of hydrogen-bond donors (Lipinski definition) is 2. The molecule has 0 atom stereocenters. The van der Waals surface area contributed by atoms with Crippen LogP contribution in [0, 0.1) is 6.92 Å². The third kappa shape index (κ3) is 3.64. The van der Waals surface area contributed by atoms with E-state index >= 15 is 0 Å². The minimum Gasteiger partial charge on any atom is -0.478 e. The normalized spacial score (nSPS) is 9.47. The molecular weight excluding hydrogens is 222 g/mol. The van der Waals surface area contributed by atoms with E-state index in [9.17, 15) is 9.59 Å². The lowest BCUT2D eigenvalue weighted by molar-refractivity contribution is 0.0697. The quantitative estimate of drug-likeness (QED) is 0.786. The van der Waals surface area contributed by atoms with E-state index in [4.69, 9.17) is 9.84 Å². The van der Waals surface area contributed by atoms with Gasteiger partial charge in [0.05, 0.1) is 5.56 Å². The SMILES string of the molecule is C=CCOC(=O)Nc1ccc(C(=O)O)cc1C. The van der Waals surface area contributed by atoms with E-state index in [2.05, 4.69) is 11.9 Å². The van der Waals surface area contributed by atoms with Crippen LogP contribution in [0.25, 0.3) is 0 Å². The molecule has 0 spiro atoms. The first-order valence-corrected chi connectivity index (χ1v) is 4.93. The molecule has 5 nitrogen and oxygen atoms in total. The maximum absolute atomic E-state index is 11.2. The molecule has 0 saturated carbocycles. The third-order valence-electron chi connectivity index (χ3n) is 2.04. The van der Waals surface area contributed by atoms with Crippen LogP contribution in [-0.4, -0.2) is 23.8 Å². The lowest BCUT2D eigenvalue weighted by Gasteiger charge is -2.08. The van der Waals surface area contributed by atoms with Crippen molar-refractivity contribution in [3.8, 4) is 0 Å². The van der Waals surface area contributed by atoms with Gasteiger partial charge >= 0.3 is 12.1 Å². The zero-order valence-corrected chi connectivity index (χ0v) is 9.40. The Morgan fingerprint density at radius 2 is 2.24 bits per heavy atom. The Morgan fingerprint density at radius 3 is 2.76 bits per heavy atom. The van der Waals surface area contributed by atoms with E-state index < -0.39 is 12.1 Å². The molecule has 0 radical (unpaired) electrons. The Kier molecular flexibility index (Phi) is 4.28. The zero-order valence-electron chi connectivity index (χ0n) is 9.40. The van der Waals surface area contributed by atoms with Gasteiger partial charge in [-0.05, 0) is 30.7 Å². The van der Waals surface area contributed by atoms with Crippen LogP contribution >= 0.6 is 0 Å². The molecule has 0 saturated heterocycles. The van der Waals surface area contributed by atoms with E-state index in [0.29, 0.717) is 11.3 Å². The van der Waals surface area contributed by atoms with E-state index in [0.717, 1.165) is 0 Å². The summed E-state index contributed by atoms with van der Waals surface area (Å²) in [6.45, 7) is 5.25. The number of benzene rings is 1. The Bertz CT molecular complexity index is 454. The predicted molar refractivity (Wildman–Crippen MR) is 63.3 cm³/mol. The molecule has 0 heterocycles. The number of anilines is 1. The van der Waals surface area contributed by atoms with Crippen molar-refractivity contribution in [2.45, 2.75) is 6.92 Å². The fraction of sp³-hybridized carbons (Fsp3) is 0.167. The van der Waals surface area contributed by atoms with Gasteiger partial charge in [0, 0.05) is 5.69 Å². The first-order valence-electron chi connectivity index (χ1n) is 4.93. The lowest BCUT2D eigenvalue weighted by Crippen LogP contribution is -2.14. The van der Waals surface area contributed by atoms with Gasteiger partial charge in [-0.15, -0.1) is 0 Å². The van der Waals surface area contributed by atoms with Gasteiger partial charge in [-0.3, -0.25) is 5.32 Å². The molecule has 1 aromatic rings. The van der Waals surface area contributed by atoms with Crippen molar-refractivity contribution in [1.29, 1.82) is 0 Å². The molecule has 0 aliphatic carbocycles. The molecule has 0 aliphatic heterocycles. The minimum atomic E-state index is -1.01. The number of carboxylic acids is 1. The minimum absolute atomic E-state index is 0.123. The fourth-order valence-corrected chi connectivity index (χ4v) is 1.22. The van der Waals surface area contributed by atoms with Crippen molar-refractivity contribution in [3.05, 3.63) is 42.0 Å². The molecular formula is C12H13NO4. The molecule has 5 heteroatoms. The van der Waals surface area contributed by atoms with Gasteiger partial charge in [-0.25, -0.2) is 9.59 Å². The molecule has 1 rings (SSSR count). The van der Waals surface area contributed by atoms with Crippen molar-refractivity contribution in [3.63, 3.8) is 0 Å². The van der Waals surface area contributed by atoms with Crippen molar-refractivity contribution in [1.82, 2.24) is 0 Å². The fourth-order valence-electron chi connectivity index (χ4n) is 1.22. The molecule has 0 bridgehead atoms. The Morgan fingerprint density at radius 1 is 1.53 bits per heavy atom. The van der Waals surface area contributed by atoms with Gasteiger partial charge in [-0.1, -0.05) is 12.7 Å². The topological polar surface area (TPSA) is 75.6 Å². The Balaban J connectivity index is 2.75. The van der Waals surface area contributed by atoms with Crippen LogP contribution in [0.5, 0.6) is 0 Å². The highest BCUT2D eigenvalue weighted by Gasteiger charge is 2.08. The van der Waals surface area contributed by atoms with Crippen LogP contribution in [0.4, 0.5) is 10.5 Å². The van der Waals surface area contributed by atoms with Crippen LogP contribution in [0.3, 0.4) is 0 Å². The molecule has 17 heavy (non-hydrogen) atoms. The highest BCUT2D eigenvalue weighted by molar-refractivity contribution is 5.90. The maximum atomic E-state index is 11.2. The summed E-state index contributed by atoms with van der Waals surface area (Å²) in [5.41, 5.74) is 1.34. The summed E-state index contributed by atoms with van der Waals surface area (Å²) in [7, 11) is 0. The Hall–Kier alpha value is -2.30. The standard InChI is InChI=1S/C12H13NO4/c1-3-6-17-12(16)13-10-5-4-9(11(14)15)7-8(10)2/h3-5,7H,1,6H2,2H3,(H,13,16)(H,14,15). The smallest absolute Gasteiger partial charge is 0.411 e. The second kappa shape index (κ2) is 5.69. The Labute approximate surface area is 98.7 Å². The molecule has 0 aromatic heterocycles. The highest BCUT2D eigenvalue weighted by Crippen LogP contribution is 2.16. The van der Waals surface area contributed by atoms with E-state index in [1.165, 1.54) is 24.3 Å². The van der Waals surface area contributed by atoms with Gasteiger partial charge in [0.25, 0.3) is 0 Å². The van der Waals surface area contributed by atoms with E-state index in [-0.39, 0.29) is 12.2 Å². The van der Waals surface area contributed by atoms with Crippen LogP contribution in [0.2, 0.25) is 0 Å². The number of carboxylic acid groups (broad SMARTS) is 1. The number of aromatic carboxylic acids is 1. The lowest BCUT2D eigenvalue weighted by atomic mass is 10.1. The summed E-state index contributed by atoms with van der Waals surface area (Å²) >= 11 is 0. The van der Waals surface area contributed by atoms with Gasteiger partial charge in [0.2, 0.25) is 0 Å². The molecule has 0 aliphatic rings. The molecule has 0 fully saturated rings. The predicted octanol–water partition coefficient (Wildman–Crippen LogP) is 2.43. The van der Waals surface area contributed by atoms with Gasteiger partial charge in [0.1, 0.15) is 6.61 Å². The van der Waals surface area contributed by atoms with Gasteiger partial charge in [-0.2, -0.15) is 0 Å². The largest absolute Gasteiger partial charge is 0.478 e. The van der Waals surface area contributed by atoms with Crippen LogP contribution in [0.15, 0.2) is 30.9 Å². The van der Waals surface area contributed by atoms with Crippen molar-refractivity contribution in [2.24, 2.45) is 0 Å². The number of aryl methyl sites for hydroxylation is 1. The second-order valence-electron chi connectivity index (χ2n) is 3.35. The number of ether oxygens (including phenoxy) is 1. The highest BCUT2D eigenvalue weighted by atomic mass is 16.5. The molecule has 2 N–H and O–H groups in total. The third-order valence-corrected chi connectivity index (χ3v) is 2.04. The monoisotopic (exact) mass is 235 g/mol. The van der Waals surface area contributed by atoms with Crippen molar-refractivity contribution < 1.29 is 19.4 Å². The molecule has 90 valence electrons. The summed E-state index contributed by atoms with van der Waals surface area (Å²) in [6, 6.07) is 4.41. The number of nitrogens with one attached hydrogen (secondary N) is 1. The average Bonchev–Trinajstić information content (AvgIpc) is 2.28. The maximum Gasteiger partial charge on any atom is 0.411 e. The molecule has 1 aromatic carbocycles. The summed E-state index contributed by atoms with van der Waals surface area (Å²) in [5, 5.41) is 11.3. The number of rotatable bonds is 4. The van der Waals surface area contributed by atoms with E-state index in [1.807, 2.05) is 0 Å². The number of amides is 1. The second-order valence-corrected chi connectivity index (χ2v) is 3.35. The number of carbonyl (C=O) groups excluding carboxylic acids is 1.